The number of hydrogen-bond acceptors (Lipinski definition) is 1. The van der Waals surface area contributed by atoms with E-state index in [2.05, 4.69) is 24.3 Å². The molecule has 0 aliphatic heterocycles. The number of carbonyl (C=O) groups excluding carboxylic acids is 1. The number of amides is 1. The second-order valence-electron chi connectivity index (χ2n) is 6.40. The zero-order chi connectivity index (χ0) is 16.7. The summed E-state index contributed by atoms with van der Waals surface area (Å²) in [5, 5.41) is 3.08. The topological polar surface area (TPSA) is 20.3 Å². The summed E-state index contributed by atoms with van der Waals surface area (Å²) >= 11 is 6.27. The Morgan fingerprint density at radius 3 is 2.50 bits per heavy atom. The normalized spacial score (nSPS) is 19.2. The predicted molar refractivity (Wildman–Crippen MR) is 99.7 cm³/mol. The molecule has 2 atom stereocenters. The fourth-order valence-corrected chi connectivity index (χ4v) is 3.62. The quantitative estimate of drug-likeness (QED) is 0.639. The molecule has 0 saturated heterocycles. The highest BCUT2D eigenvalue weighted by molar-refractivity contribution is 6.31. The van der Waals surface area contributed by atoms with Crippen LogP contribution in [-0.2, 0) is 4.79 Å². The van der Waals surface area contributed by atoms with Gasteiger partial charge in [-0.25, -0.2) is 0 Å². The molecule has 0 N–H and O–H groups in total. The lowest BCUT2D eigenvalue weighted by Crippen LogP contribution is -2.28. The van der Waals surface area contributed by atoms with Gasteiger partial charge in [0.15, 0.2) is 0 Å². The fraction of sp³-hybridized carbons (Fsp3) is 0.190. The zero-order valence-corrected chi connectivity index (χ0v) is 14.2. The van der Waals surface area contributed by atoms with Crippen LogP contribution in [0.4, 0.5) is 5.69 Å². The summed E-state index contributed by atoms with van der Waals surface area (Å²) in [7, 11) is 1.86. The number of rotatable bonds is 3. The van der Waals surface area contributed by atoms with Crippen LogP contribution >= 0.6 is 11.6 Å². The smallest absolute Gasteiger partial charge is 0.230 e. The van der Waals surface area contributed by atoms with Crippen molar-refractivity contribution in [3.63, 3.8) is 0 Å². The number of hydrogen-bond donors (Lipinski definition) is 0. The number of carbonyl (C=O) groups is 1. The van der Waals surface area contributed by atoms with E-state index in [4.69, 9.17) is 11.6 Å². The molecule has 2 nitrogen and oxygen atoms in total. The molecule has 0 heterocycles. The SMILES string of the molecule is CN(C(=O)C1CC1c1ccccc1Cl)c1ccc2ccccc2c1. The van der Waals surface area contributed by atoms with Crippen LogP contribution in [0, 0.1) is 5.92 Å². The highest BCUT2D eigenvalue weighted by atomic mass is 35.5. The molecule has 3 aromatic carbocycles. The van der Waals surface area contributed by atoms with Gasteiger partial charge in [-0.05, 0) is 46.9 Å². The van der Waals surface area contributed by atoms with Gasteiger partial charge in [-0.3, -0.25) is 4.79 Å². The van der Waals surface area contributed by atoms with Crippen molar-refractivity contribution in [2.24, 2.45) is 5.92 Å². The minimum Gasteiger partial charge on any atom is -0.315 e. The second kappa shape index (κ2) is 5.95. The van der Waals surface area contributed by atoms with Gasteiger partial charge < -0.3 is 4.90 Å². The van der Waals surface area contributed by atoms with Gasteiger partial charge in [-0.2, -0.15) is 0 Å². The highest BCUT2D eigenvalue weighted by Crippen LogP contribution is 2.50. The van der Waals surface area contributed by atoms with Crippen molar-refractivity contribution >= 4 is 34.0 Å². The van der Waals surface area contributed by atoms with Crippen LogP contribution < -0.4 is 4.90 Å². The number of benzene rings is 3. The van der Waals surface area contributed by atoms with E-state index in [0.717, 1.165) is 28.1 Å². The number of fused-ring (bicyclic) bond motifs is 1. The van der Waals surface area contributed by atoms with Crippen molar-refractivity contribution in [2.75, 3.05) is 11.9 Å². The highest BCUT2D eigenvalue weighted by Gasteiger charge is 2.46. The lowest BCUT2D eigenvalue weighted by Gasteiger charge is -2.18. The molecule has 1 aliphatic carbocycles. The molecular formula is C21H18ClNO. The minimum absolute atomic E-state index is 0.0290. The van der Waals surface area contributed by atoms with Crippen molar-refractivity contribution in [1.29, 1.82) is 0 Å². The summed E-state index contributed by atoms with van der Waals surface area (Å²) < 4.78 is 0. The third-order valence-corrected chi connectivity index (χ3v) is 5.21. The summed E-state index contributed by atoms with van der Waals surface area (Å²) in [5.41, 5.74) is 2.02. The van der Waals surface area contributed by atoms with Gasteiger partial charge >= 0.3 is 0 Å². The maximum absolute atomic E-state index is 12.8. The molecule has 0 spiro atoms. The minimum atomic E-state index is 0.0290. The average molecular weight is 336 g/mol. The van der Waals surface area contributed by atoms with Crippen molar-refractivity contribution in [3.8, 4) is 0 Å². The van der Waals surface area contributed by atoms with Gasteiger partial charge in [-0.15, -0.1) is 0 Å². The Balaban J connectivity index is 1.55. The predicted octanol–water partition coefficient (Wildman–Crippen LogP) is 5.26. The molecule has 2 unspecified atom stereocenters. The van der Waals surface area contributed by atoms with Gasteiger partial charge in [-0.1, -0.05) is 60.1 Å². The Labute approximate surface area is 146 Å². The molecule has 1 saturated carbocycles. The van der Waals surface area contributed by atoms with Crippen molar-refractivity contribution in [2.45, 2.75) is 12.3 Å². The lowest BCUT2D eigenvalue weighted by molar-refractivity contribution is -0.119. The lowest BCUT2D eigenvalue weighted by atomic mass is 10.1. The second-order valence-corrected chi connectivity index (χ2v) is 6.81. The van der Waals surface area contributed by atoms with E-state index in [1.54, 1.807) is 4.90 Å². The molecule has 0 radical (unpaired) electrons. The Morgan fingerprint density at radius 2 is 1.71 bits per heavy atom. The molecule has 24 heavy (non-hydrogen) atoms. The Hall–Kier alpha value is -2.32. The van der Waals surface area contributed by atoms with Gasteiger partial charge in [0.1, 0.15) is 0 Å². The van der Waals surface area contributed by atoms with E-state index in [1.807, 2.05) is 49.5 Å². The summed E-state index contributed by atoms with van der Waals surface area (Å²) in [5.74, 6) is 0.436. The van der Waals surface area contributed by atoms with E-state index in [-0.39, 0.29) is 17.7 Å². The number of anilines is 1. The van der Waals surface area contributed by atoms with E-state index >= 15 is 0 Å². The van der Waals surface area contributed by atoms with Crippen LogP contribution in [0.5, 0.6) is 0 Å². The first-order valence-corrected chi connectivity index (χ1v) is 8.54. The monoisotopic (exact) mass is 335 g/mol. The van der Waals surface area contributed by atoms with Crippen LogP contribution in [0.3, 0.4) is 0 Å². The first kappa shape index (κ1) is 15.2. The maximum Gasteiger partial charge on any atom is 0.230 e. The zero-order valence-electron chi connectivity index (χ0n) is 13.4. The van der Waals surface area contributed by atoms with Crippen LogP contribution in [0.2, 0.25) is 5.02 Å². The van der Waals surface area contributed by atoms with Crippen LogP contribution in [0.1, 0.15) is 17.9 Å². The number of nitrogens with zero attached hydrogens (tertiary/aromatic N) is 1. The molecule has 120 valence electrons. The number of halogens is 1. The first-order chi connectivity index (χ1) is 11.6. The summed E-state index contributed by atoms with van der Waals surface area (Å²) in [6, 6.07) is 22.1. The molecule has 3 heteroatoms. The molecule has 3 aromatic rings. The van der Waals surface area contributed by atoms with Crippen molar-refractivity contribution in [3.05, 3.63) is 77.3 Å². The van der Waals surface area contributed by atoms with Crippen LogP contribution in [-0.4, -0.2) is 13.0 Å². The third-order valence-electron chi connectivity index (χ3n) is 4.86. The van der Waals surface area contributed by atoms with Crippen molar-refractivity contribution in [1.82, 2.24) is 0 Å². The Morgan fingerprint density at radius 1 is 1.00 bits per heavy atom. The molecule has 0 bridgehead atoms. The van der Waals surface area contributed by atoms with Gasteiger partial charge in [0.25, 0.3) is 0 Å². The van der Waals surface area contributed by atoms with E-state index in [1.165, 1.54) is 5.39 Å². The van der Waals surface area contributed by atoms with Gasteiger partial charge in [0.05, 0.1) is 0 Å². The first-order valence-electron chi connectivity index (χ1n) is 8.16. The van der Waals surface area contributed by atoms with Gasteiger partial charge in [0, 0.05) is 23.7 Å². The van der Waals surface area contributed by atoms with E-state index in [0.29, 0.717) is 0 Å². The average Bonchev–Trinajstić information content (AvgIpc) is 3.41. The summed E-state index contributed by atoms with van der Waals surface area (Å²) in [6.07, 6.45) is 0.875. The van der Waals surface area contributed by atoms with Crippen LogP contribution in [0.25, 0.3) is 10.8 Å². The molecule has 0 aromatic heterocycles. The van der Waals surface area contributed by atoms with E-state index in [9.17, 15) is 4.79 Å². The molecule has 1 aliphatic rings. The standard InChI is InChI=1S/C21H18ClNO/c1-23(16-11-10-14-6-2-3-7-15(14)12-16)21(24)19-13-18(19)17-8-4-5-9-20(17)22/h2-12,18-19H,13H2,1H3. The van der Waals surface area contributed by atoms with E-state index < -0.39 is 0 Å². The molecule has 4 rings (SSSR count). The summed E-state index contributed by atoms with van der Waals surface area (Å²) in [6.45, 7) is 0. The Kier molecular flexibility index (Phi) is 3.78. The summed E-state index contributed by atoms with van der Waals surface area (Å²) in [4.78, 5) is 14.6. The maximum atomic E-state index is 12.8. The van der Waals surface area contributed by atoms with Gasteiger partial charge in [0.2, 0.25) is 5.91 Å². The largest absolute Gasteiger partial charge is 0.315 e. The van der Waals surface area contributed by atoms with Crippen molar-refractivity contribution < 1.29 is 4.79 Å². The third kappa shape index (κ3) is 2.67. The fourth-order valence-electron chi connectivity index (χ4n) is 3.35. The van der Waals surface area contributed by atoms with Crippen LogP contribution in [0.15, 0.2) is 66.7 Å². The molecular weight excluding hydrogens is 318 g/mol. The molecule has 1 fully saturated rings. The molecule has 1 amide bonds. The Bertz CT molecular complexity index is 920.